The Kier molecular flexibility index (Phi) is 6.87. The van der Waals surface area contributed by atoms with Crippen molar-refractivity contribution < 1.29 is 19.1 Å². The first-order valence-corrected chi connectivity index (χ1v) is 11.0. The third-order valence-electron chi connectivity index (χ3n) is 4.84. The highest BCUT2D eigenvalue weighted by Crippen LogP contribution is 2.38. The van der Waals surface area contributed by atoms with Crippen LogP contribution in [0.2, 0.25) is 10.0 Å². The number of hydrogen-bond donors (Lipinski definition) is 1. The van der Waals surface area contributed by atoms with Crippen LogP contribution < -0.4 is 19.9 Å². The van der Waals surface area contributed by atoms with E-state index < -0.39 is 11.8 Å². The molecule has 0 aromatic heterocycles. The van der Waals surface area contributed by atoms with Crippen LogP contribution in [-0.2, 0) is 16.2 Å². The zero-order valence-corrected chi connectivity index (χ0v) is 19.2. The Bertz CT molecular complexity index is 1210. The van der Waals surface area contributed by atoms with Gasteiger partial charge in [0.15, 0.2) is 11.5 Å². The standard InChI is InChI=1S/C25H20Cl2N2O4/c1-2-32-22-14-17(13-21(27)23(22)33-15-16-8-10-18(26)11-9-16)12-20-24(30)28-29(25(20)31)19-6-4-3-5-7-19/h3-14H,2,15H2,1H3,(H,28,30). The molecule has 0 unspecified atom stereocenters. The highest BCUT2D eigenvalue weighted by Gasteiger charge is 2.34. The van der Waals surface area contributed by atoms with Crippen molar-refractivity contribution in [2.24, 2.45) is 0 Å². The monoisotopic (exact) mass is 482 g/mol. The summed E-state index contributed by atoms with van der Waals surface area (Å²) < 4.78 is 11.6. The average Bonchev–Trinajstić information content (AvgIpc) is 3.09. The van der Waals surface area contributed by atoms with Gasteiger partial charge >= 0.3 is 0 Å². The zero-order valence-electron chi connectivity index (χ0n) is 17.7. The molecular weight excluding hydrogens is 463 g/mol. The van der Waals surface area contributed by atoms with E-state index in [1.807, 2.05) is 25.1 Å². The van der Waals surface area contributed by atoms with E-state index in [0.717, 1.165) is 5.56 Å². The van der Waals surface area contributed by atoms with Gasteiger partial charge in [-0.15, -0.1) is 0 Å². The van der Waals surface area contributed by atoms with E-state index in [1.165, 1.54) is 11.1 Å². The Hall–Kier alpha value is -3.48. The molecule has 0 aliphatic carbocycles. The van der Waals surface area contributed by atoms with Gasteiger partial charge in [0.05, 0.1) is 17.3 Å². The lowest BCUT2D eigenvalue weighted by Gasteiger charge is -2.15. The third kappa shape index (κ3) is 5.13. The Morgan fingerprint density at radius 3 is 2.39 bits per heavy atom. The molecular formula is C25H20Cl2N2O4. The molecule has 0 radical (unpaired) electrons. The van der Waals surface area contributed by atoms with Gasteiger partial charge < -0.3 is 9.47 Å². The van der Waals surface area contributed by atoms with Crippen LogP contribution in [0.1, 0.15) is 18.1 Å². The minimum atomic E-state index is -0.499. The number of hydrazine groups is 1. The number of nitrogens with one attached hydrogen (secondary N) is 1. The third-order valence-corrected chi connectivity index (χ3v) is 5.38. The van der Waals surface area contributed by atoms with E-state index in [4.69, 9.17) is 32.7 Å². The van der Waals surface area contributed by atoms with Gasteiger partial charge in [0.1, 0.15) is 12.2 Å². The fraction of sp³-hybridized carbons (Fsp3) is 0.120. The number of hydrogen-bond acceptors (Lipinski definition) is 4. The van der Waals surface area contributed by atoms with Crippen molar-refractivity contribution in [3.63, 3.8) is 0 Å². The average molecular weight is 483 g/mol. The molecule has 8 heteroatoms. The number of carbonyl (C=O) groups is 2. The van der Waals surface area contributed by atoms with E-state index >= 15 is 0 Å². The second-order valence-electron chi connectivity index (χ2n) is 7.15. The maximum absolute atomic E-state index is 12.8. The van der Waals surface area contributed by atoms with Crippen molar-refractivity contribution >= 4 is 46.8 Å². The van der Waals surface area contributed by atoms with Gasteiger partial charge in [0.25, 0.3) is 11.8 Å². The number of halogens is 2. The molecule has 1 aliphatic heterocycles. The summed E-state index contributed by atoms with van der Waals surface area (Å²) >= 11 is 12.4. The highest BCUT2D eigenvalue weighted by molar-refractivity contribution is 6.33. The van der Waals surface area contributed by atoms with Crippen LogP contribution in [0.4, 0.5) is 5.69 Å². The number of rotatable bonds is 7. The molecule has 0 atom stereocenters. The molecule has 33 heavy (non-hydrogen) atoms. The molecule has 3 aromatic carbocycles. The largest absolute Gasteiger partial charge is 0.490 e. The van der Waals surface area contributed by atoms with Gasteiger partial charge in [-0.1, -0.05) is 53.5 Å². The minimum absolute atomic E-state index is 0.00722. The van der Waals surface area contributed by atoms with Crippen LogP contribution >= 0.6 is 23.2 Å². The second-order valence-corrected chi connectivity index (χ2v) is 8.00. The Balaban J connectivity index is 1.60. The van der Waals surface area contributed by atoms with Crippen LogP contribution in [0.3, 0.4) is 0 Å². The van der Waals surface area contributed by atoms with Gasteiger partial charge in [-0.2, -0.15) is 0 Å². The summed E-state index contributed by atoms with van der Waals surface area (Å²) in [6, 6.07) is 19.5. The molecule has 3 aromatic rings. The number of benzene rings is 3. The van der Waals surface area contributed by atoms with E-state index in [1.54, 1.807) is 48.5 Å². The van der Waals surface area contributed by atoms with Crippen LogP contribution in [0, 0.1) is 0 Å². The summed E-state index contributed by atoms with van der Waals surface area (Å²) in [7, 11) is 0. The number of carbonyl (C=O) groups excluding carboxylic acids is 2. The van der Waals surface area contributed by atoms with Crippen molar-refractivity contribution in [3.8, 4) is 11.5 Å². The molecule has 0 spiro atoms. The number of para-hydroxylation sites is 1. The van der Waals surface area contributed by atoms with Gasteiger partial charge in [-0.05, 0) is 60.5 Å². The van der Waals surface area contributed by atoms with Crippen LogP contribution in [0.15, 0.2) is 72.3 Å². The smallest absolute Gasteiger partial charge is 0.282 e. The number of amides is 2. The summed E-state index contributed by atoms with van der Waals surface area (Å²) in [5.74, 6) is -0.162. The SMILES string of the molecule is CCOc1cc(C=C2C(=O)NN(c3ccccc3)C2=O)cc(Cl)c1OCc1ccc(Cl)cc1. The van der Waals surface area contributed by atoms with Crippen molar-refractivity contribution in [3.05, 3.63) is 93.5 Å². The van der Waals surface area contributed by atoms with Crippen LogP contribution in [0.5, 0.6) is 11.5 Å². The summed E-state index contributed by atoms with van der Waals surface area (Å²) in [6.45, 7) is 2.49. The van der Waals surface area contributed by atoms with Crippen molar-refractivity contribution in [1.29, 1.82) is 0 Å². The fourth-order valence-electron chi connectivity index (χ4n) is 3.29. The lowest BCUT2D eigenvalue weighted by atomic mass is 10.1. The van der Waals surface area contributed by atoms with E-state index in [0.29, 0.717) is 39.4 Å². The first kappa shape index (κ1) is 22.7. The molecule has 0 saturated carbocycles. The molecule has 4 rings (SSSR count). The summed E-state index contributed by atoms with van der Waals surface area (Å²) in [5, 5.41) is 2.15. The quantitative estimate of drug-likeness (QED) is 0.360. The first-order valence-electron chi connectivity index (χ1n) is 10.2. The minimum Gasteiger partial charge on any atom is -0.490 e. The maximum Gasteiger partial charge on any atom is 0.282 e. The molecule has 2 amide bonds. The molecule has 1 aliphatic rings. The van der Waals surface area contributed by atoms with Crippen LogP contribution in [-0.4, -0.2) is 18.4 Å². The van der Waals surface area contributed by atoms with E-state index in [9.17, 15) is 9.59 Å². The molecule has 6 nitrogen and oxygen atoms in total. The summed E-state index contributed by atoms with van der Waals surface area (Å²) in [6.07, 6.45) is 1.48. The predicted molar refractivity (Wildman–Crippen MR) is 128 cm³/mol. The molecule has 1 saturated heterocycles. The van der Waals surface area contributed by atoms with Gasteiger partial charge in [-0.3, -0.25) is 15.0 Å². The normalized spacial score (nSPS) is 14.5. The molecule has 168 valence electrons. The van der Waals surface area contributed by atoms with Crippen molar-refractivity contribution in [1.82, 2.24) is 5.43 Å². The molecule has 0 bridgehead atoms. The first-order chi connectivity index (χ1) is 16.0. The topological polar surface area (TPSA) is 67.9 Å². The second kappa shape index (κ2) is 9.98. The Morgan fingerprint density at radius 1 is 0.970 bits per heavy atom. The lowest BCUT2D eigenvalue weighted by molar-refractivity contribution is -0.117. The Labute approximate surface area is 201 Å². The molecule has 1 heterocycles. The Morgan fingerprint density at radius 2 is 1.70 bits per heavy atom. The van der Waals surface area contributed by atoms with E-state index in [-0.39, 0.29) is 12.2 Å². The van der Waals surface area contributed by atoms with Crippen LogP contribution in [0.25, 0.3) is 6.08 Å². The lowest BCUT2D eigenvalue weighted by Crippen LogP contribution is -2.35. The van der Waals surface area contributed by atoms with Crippen molar-refractivity contribution in [2.75, 3.05) is 11.6 Å². The van der Waals surface area contributed by atoms with Gasteiger partial charge in [0.2, 0.25) is 0 Å². The van der Waals surface area contributed by atoms with Crippen molar-refractivity contribution in [2.45, 2.75) is 13.5 Å². The number of ether oxygens (including phenoxy) is 2. The van der Waals surface area contributed by atoms with Gasteiger partial charge in [0, 0.05) is 5.02 Å². The predicted octanol–water partition coefficient (Wildman–Crippen LogP) is 5.43. The summed E-state index contributed by atoms with van der Waals surface area (Å²) in [5.41, 5.74) is 4.59. The maximum atomic E-state index is 12.8. The van der Waals surface area contributed by atoms with E-state index in [2.05, 4.69) is 5.43 Å². The highest BCUT2D eigenvalue weighted by atomic mass is 35.5. The fourth-order valence-corrected chi connectivity index (χ4v) is 3.69. The van der Waals surface area contributed by atoms with Gasteiger partial charge in [-0.25, -0.2) is 5.01 Å². The zero-order chi connectivity index (χ0) is 23.4. The number of nitrogens with zero attached hydrogens (tertiary/aromatic N) is 1. The molecule has 1 N–H and O–H groups in total. The summed E-state index contributed by atoms with van der Waals surface area (Å²) in [4.78, 5) is 25.3. The molecule has 1 fully saturated rings. The number of anilines is 1.